The molecule has 1 amide bonds. The van der Waals surface area contributed by atoms with E-state index in [0.29, 0.717) is 37.4 Å². The summed E-state index contributed by atoms with van der Waals surface area (Å²) in [4.78, 5) is 37.6. The molecule has 0 aromatic carbocycles. The third-order valence-corrected chi connectivity index (χ3v) is 4.86. The fraction of sp³-hybridized carbons (Fsp3) is 0.474. The highest BCUT2D eigenvalue weighted by atomic mass is 16.3. The molecule has 7 heteroatoms. The van der Waals surface area contributed by atoms with Gasteiger partial charge in [-0.25, -0.2) is 4.98 Å². The number of nitrogens with one attached hydrogen (secondary N) is 1. The fourth-order valence-electron chi connectivity index (χ4n) is 3.10. The summed E-state index contributed by atoms with van der Waals surface area (Å²) < 4.78 is 0. The van der Waals surface area contributed by atoms with Gasteiger partial charge in [0.15, 0.2) is 0 Å². The molecule has 1 aliphatic rings. The molecule has 0 aliphatic carbocycles. The minimum absolute atomic E-state index is 0.0355. The topological polar surface area (TPSA) is 99.2 Å². The monoisotopic (exact) mass is 356 g/mol. The van der Waals surface area contributed by atoms with Gasteiger partial charge in [-0.2, -0.15) is 0 Å². The zero-order valence-electron chi connectivity index (χ0n) is 15.3. The number of hydrogen-bond donors (Lipinski definition) is 2. The van der Waals surface area contributed by atoms with Crippen LogP contribution in [0.1, 0.15) is 60.0 Å². The minimum Gasteiger partial charge on any atom is -0.383 e. The van der Waals surface area contributed by atoms with E-state index in [1.807, 2.05) is 32.9 Å². The molecule has 0 atom stereocenters. The van der Waals surface area contributed by atoms with Gasteiger partial charge in [0.25, 0.3) is 11.5 Å². The molecule has 1 saturated heterocycles. The van der Waals surface area contributed by atoms with Crippen LogP contribution in [-0.2, 0) is 5.60 Å². The Hall–Kier alpha value is -2.54. The summed E-state index contributed by atoms with van der Waals surface area (Å²) in [5.74, 6) is 0.289. The lowest BCUT2D eigenvalue weighted by Crippen LogP contribution is -2.46. The molecule has 3 heterocycles. The second-order valence-corrected chi connectivity index (χ2v) is 7.21. The molecule has 0 unspecified atom stereocenters. The summed E-state index contributed by atoms with van der Waals surface area (Å²) in [7, 11) is 0. The lowest BCUT2D eigenvalue weighted by molar-refractivity contribution is -0.0244. The molecule has 3 rings (SSSR count). The van der Waals surface area contributed by atoms with Crippen LogP contribution in [0.3, 0.4) is 0 Å². The number of nitrogens with zero attached hydrogens (tertiary/aromatic N) is 3. The molecule has 0 radical (unpaired) electrons. The van der Waals surface area contributed by atoms with E-state index in [1.165, 1.54) is 6.20 Å². The highest BCUT2D eigenvalue weighted by molar-refractivity contribution is 5.93. The summed E-state index contributed by atoms with van der Waals surface area (Å²) in [6, 6.07) is 3.74. The van der Waals surface area contributed by atoms with Gasteiger partial charge in [-0.15, -0.1) is 0 Å². The van der Waals surface area contributed by atoms with Crippen LogP contribution in [0.4, 0.5) is 0 Å². The predicted molar refractivity (Wildman–Crippen MR) is 97.0 cm³/mol. The third-order valence-electron chi connectivity index (χ3n) is 4.86. The SMILES string of the molecule is Cc1ccc(C2(O)CCN(C(=O)c3cnc(C(C)C)[nH]c3=O)CC2)nc1. The van der Waals surface area contributed by atoms with Gasteiger partial charge in [0.2, 0.25) is 0 Å². The van der Waals surface area contributed by atoms with Crippen molar-refractivity contribution in [2.75, 3.05) is 13.1 Å². The van der Waals surface area contributed by atoms with Crippen molar-refractivity contribution in [1.29, 1.82) is 0 Å². The number of carbonyl (C=O) groups excluding carboxylic acids is 1. The van der Waals surface area contributed by atoms with Crippen molar-refractivity contribution in [2.45, 2.75) is 45.1 Å². The number of likely N-dealkylation sites (tertiary alicyclic amines) is 1. The number of rotatable bonds is 3. The Morgan fingerprint density at radius 3 is 2.46 bits per heavy atom. The van der Waals surface area contributed by atoms with Crippen molar-refractivity contribution in [1.82, 2.24) is 19.9 Å². The maximum atomic E-state index is 12.7. The summed E-state index contributed by atoms with van der Waals surface area (Å²) in [5.41, 5.74) is 0.219. The molecule has 2 aromatic heterocycles. The second-order valence-electron chi connectivity index (χ2n) is 7.21. The van der Waals surface area contributed by atoms with Crippen molar-refractivity contribution in [2.24, 2.45) is 0 Å². The van der Waals surface area contributed by atoms with Gasteiger partial charge in [0.05, 0.1) is 5.69 Å². The van der Waals surface area contributed by atoms with Crippen molar-refractivity contribution in [3.63, 3.8) is 0 Å². The number of H-pyrrole nitrogens is 1. The average molecular weight is 356 g/mol. The van der Waals surface area contributed by atoms with Crippen molar-refractivity contribution >= 4 is 5.91 Å². The van der Waals surface area contributed by atoms with E-state index in [0.717, 1.165) is 5.56 Å². The molecule has 0 spiro atoms. The van der Waals surface area contributed by atoms with Crippen molar-refractivity contribution in [3.05, 3.63) is 57.5 Å². The molecular weight excluding hydrogens is 332 g/mol. The molecule has 0 bridgehead atoms. The number of aromatic amines is 1. The summed E-state index contributed by atoms with van der Waals surface area (Å²) in [6.45, 7) is 6.50. The first-order valence-electron chi connectivity index (χ1n) is 8.84. The third kappa shape index (κ3) is 3.53. The molecular formula is C19H24N4O3. The summed E-state index contributed by atoms with van der Waals surface area (Å²) in [5, 5.41) is 10.9. The Morgan fingerprint density at radius 1 is 1.23 bits per heavy atom. The van der Waals surface area contributed by atoms with E-state index in [4.69, 9.17) is 0 Å². The number of piperidine rings is 1. The zero-order valence-corrected chi connectivity index (χ0v) is 15.3. The Kier molecular flexibility index (Phi) is 4.91. The van der Waals surface area contributed by atoms with Crippen LogP contribution in [0.25, 0.3) is 0 Å². The molecule has 7 nitrogen and oxygen atoms in total. The first kappa shape index (κ1) is 18.3. The van der Waals surface area contributed by atoms with Gasteiger partial charge < -0.3 is 15.0 Å². The van der Waals surface area contributed by atoms with Gasteiger partial charge in [0.1, 0.15) is 17.0 Å². The molecule has 1 fully saturated rings. The van der Waals surface area contributed by atoms with Crippen molar-refractivity contribution in [3.8, 4) is 0 Å². The lowest BCUT2D eigenvalue weighted by atomic mass is 9.87. The van der Waals surface area contributed by atoms with Crippen LogP contribution in [0.2, 0.25) is 0 Å². The number of aryl methyl sites for hydroxylation is 1. The van der Waals surface area contributed by atoms with Crippen molar-refractivity contribution < 1.29 is 9.90 Å². The summed E-state index contributed by atoms with van der Waals surface area (Å²) in [6.07, 6.45) is 3.83. The van der Waals surface area contributed by atoms with E-state index in [9.17, 15) is 14.7 Å². The highest BCUT2D eigenvalue weighted by Crippen LogP contribution is 2.31. The molecule has 138 valence electrons. The normalized spacial score (nSPS) is 16.7. The quantitative estimate of drug-likeness (QED) is 0.872. The first-order valence-corrected chi connectivity index (χ1v) is 8.84. The standard InChI is InChI=1S/C19H24N4O3/c1-12(2)16-21-11-14(17(24)22-16)18(25)23-8-6-19(26,7-9-23)15-5-4-13(3)10-20-15/h4-5,10-12,26H,6-9H2,1-3H3,(H,21,22,24). The number of hydrogen-bond acceptors (Lipinski definition) is 5. The lowest BCUT2D eigenvalue weighted by Gasteiger charge is -2.37. The average Bonchev–Trinajstić information content (AvgIpc) is 2.62. The first-order chi connectivity index (χ1) is 12.3. The van der Waals surface area contributed by atoms with E-state index in [1.54, 1.807) is 11.1 Å². The zero-order chi connectivity index (χ0) is 18.9. The van der Waals surface area contributed by atoms with Crippen LogP contribution < -0.4 is 5.56 Å². The minimum atomic E-state index is -1.04. The molecule has 2 aromatic rings. The van der Waals surface area contributed by atoms with Gasteiger partial charge in [-0.05, 0) is 31.4 Å². The number of aromatic nitrogens is 3. The van der Waals surface area contributed by atoms with Gasteiger partial charge in [-0.1, -0.05) is 19.9 Å². The number of amides is 1. The molecule has 1 aliphatic heterocycles. The second kappa shape index (κ2) is 6.99. The van der Waals surface area contributed by atoms with Crippen LogP contribution in [-0.4, -0.2) is 44.0 Å². The fourth-order valence-corrected chi connectivity index (χ4v) is 3.10. The number of pyridine rings is 1. The molecule has 2 N–H and O–H groups in total. The van der Waals surface area contributed by atoms with Gasteiger partial charge >= 0.3 is 0 Å². The Labute approximate surface area is 152 Å². The van der Waals surface area contributed by atoms with E-state index in [-0.39, 0.29) is 17.4 Å². The molecule has 0 saturated carbocycles. The summed E-state index contributed by atoms with van der Waals surface area (Å²) >= 11 is 0. The molecule has 26 heavy (non-hydrogen) atoms. The van der Waals surface area contributed by atoms with E-state index in [2.05, 4.69) is 15.0 Å². The van der Waals surface area contributed by atoms with Crippen LogP contribution in [0.15, 0.2) is 29.3 Å². The van der Waals surface area contributed by atoms with Crippen LogP contribution in [0.5, 0.6) is 0 Å². The van der Waals surface area contributed by atoms with Crippen LogP contribution in [0, 0.1) is 6.92 Å². The largest absolute Gasteiger partial charge is 0.383 e. The maximum Gasteiger partial charge on any atom is 0.263 e. The predicted octanol–water partition coefficient (Wildman–Crippen LogP) is 1.72. The number of carbonyl (C=O) groups is 1. The Morgan fingerprint density at radius 2 is 1.92 bits per heavy atom. The maximum absolute atomic E-state index is 12.7. The van der Waals surface area contributed by atoms with Gasteiger partial charge in [0, 0.05) is 31.4 Å². The Bertz CT molecular complexity index is 850. The smallest absolute Gasteiger partial charge is 0.263 e. The number of aliphatic hydroxyl groups is 1. The van der Waals surface area contributed by atoms with Crippen LogP contribution >= 0.6 is 0 Å². The highest BCUT2D eigenvalue weighted by Gasteiger charge is 2.37. The van der Waals surface area contributed by atoms with Gasteiger partial charge in [-0.3, -0.25) is 14.6 Å². The van der Waals surface area contributed by atoms with E-state index >= 15 is 0 Å². The van der Waals surface area contributed by atoms with E-state index < -0.39 is 11.2 Å². The Balaban J connectivity index is 1.72.